The lowest BCUT2D eigenvalue weighted by molar-refractivity contribution is -0.131. The fourth-order valence-corrected chi connectivity index (χ4v) is 4.30. The molecule has 2 aromatic carbocycles. The first-order chi connectivity index (χ1) is 15.1. The van der Waals surface area contributed by atoms with Gasteiger partial charge in [0.25, 0.3) is 11.8 Å². The van der Waals surface area contributed by atoms with E-state index in [1.807, 2.05) is 54.6 Å². The molecule has 0 atom stereocenters. The Labute approximate surface area is 181 Å². The molecule has 1 aliphatic carbocycles. The molecule has 1 aliphatic heterocycles. The highest BCUT2D eigenvalue weighted by Gasteiger charge is 2.51. The van der Waals surface area contributed by atoms with Crippen LogP contribution in [0.15, 0.2) is 54.6 Å². The van der Waals surface area contributed by atoms with Gasteiger partial charge in [0.2, 0.25) is 0 Å². The Morgan fingerprint density at radius 1 is 1.03 bits per heavy atom. The first kappa shape index (κ1) is 20.9. The van der Waals surface area contributed by atoms with Crippen molar-refractivity contribution in [3.63, 3.8) is 0 Å². The van der Waals surface area contributed by atoms with Gasteiger partial charge in [-0.1, -0.05) is 61.4 Å². The van der Waals surface area contributed by atoms with Gasteiger partial charge < -0.3 is 15.4 Å². The number of carbonyl (C=O) groups is 3. The molecule has 1 spiro atoms. The van der Waals surface area contributed by atoms with E-state index < -0.39 is 5.54 Å². The number of ether oxygens (including phenoxy) is 1. The number of hydrogen-bond donors (Lipinski definition) is 2. The highest BCUT2D eigenvalue weighted by Crippen LogP contribution is 2.35. The van der Waals surface area contributed by atoms with Crippen LogP contribution in [0.5, 0.6) is 5.75 Å². The summed E-state index contributed by atoms with van der Waals surface area (Å²) in [6.45, 7) is 0.563. The van der Waals surface area contributed by atoms with Crippen LogP contribution >= 0.6 is 0 Å². The van der Waals surface area contributed by atoms with E-state index in [1.54, 1.807) is 0 Å². The summed E-state index contributed by atoms with van der Waals surface area (Å²) >= 11 is 0. The number of amides is 4. The molecule has 2 aliphatic rings. The molecule has 0 radical (unpaired) electrons. The van der Waals surface area contributed by atoms with Gasteiger partial charge in [-0.2, -0.15) is 0 Å². The zero-order chi connectivity index (χ0) is 21.7. The Hall–Kier alpha value is -3.35. The van der Waals surface area contributed by atoms with Crippen LogP contribution in [0, 0.1) is 0 Å². The van der Waals surface area contributed by atoms with Crippen molar-refractivity contribution in [3.8, 4) is 16.9 Å². The van der Waals surface area contributed by atoms with E-state index in [0.717, 1.165) is 24.0 Å². The third kappa shape index (κ3) is 4.55. The van der Waals surface area contributed by atoms with Crippen molar-refractivity contribution >= 4 is 17.8 Å². The first-order valence-corrected chi connectivity index (χ1v) is 10.8. The predicted octanol–water partition coefficient (Wildman–Crippen LogP) is 3.10. The second-order valence-electron chi connectivity index (χ2n) is 8.03. The fourth-order valence-electron chi connectivity index (χ4n) is 4.30. The Morgan fingerprint density at radius 3 is 2.52 bits per heavy atom. The lowest BCUT2D eigenvalue weighted by Crippen LogP contribution is -2.44. The zero-order valence-corrected chi connectivity index (χ0v) is 17.4. The average molecular weight is 421 g/mol. The van der Waals surface area contributed by atoms with Crippen LogP contribution in [0.1, 0.15) is 32.1 Å². The largest absolute Gasteiger partial charge is 0.483 e. The molecule has 7 nitrogen and oxygen atoms in total. The van der Waals surface area contributed by atoms with E-state index in [2.05, 4.69) is 10.6 Å². The van der Waals surface area contributed by atoms with E-state index in [1.165, 1.54) is 4.90 Å². The summed E-state index contributed by atoms with van der Waals surface area (Å²) in [6, 6.07) is 17.1. The molecule has 2 fully saturated rings. The molecule has 0 aromatic heterocycles. The number of nitrogens with zero attached hydrogens (tertiary/aromatic N) is 1. The number of hydrogen-bond acceptors (Lipinski definition) is 4. The van der Waals surface area contributed by atoms with Crippen molar-refractivity contribution in [1.82, 2.24) is 15.5 Å². The average Bonchev–Trinajstić information content (AvgIpc) is 3.36. The molecule has 0 unspecified atom stereocenters. The number of para-hydroxylation sites is 1. The third-order valence-electron chi connectivity index (χ3n) is 5.91. The minimum atomic E-state index is -0.680. The first-order valence-electron chi connectivity index (χ1n) is 10.8. The lowest BCUT2D eigenvalue weighted by atomic mass is 9.98. The minimum absolute atomic E-state index is 0.101. The topological polar surface area (TPSA) is 87.7 Å². The van der Waals surface area contributed by atoms with Crippen molar-refractivity contribution in [1.29, 1.82) is 0 Å². The van der Waals surface area contributed by atoms with Gasteiger partial charge in [-0.3, -0.25) is 14.5 Å². The zero-order valence-electron chi connectivity index (χ0n) is 17.4. The van der Waals surface area contributed by atoms with Crippen molar-refractivity contribution in [2.45, 2.75) is 37.6 Å². The van der Waals surface area contributed by atoms with Crippen LogP contribution in [-0.4, -0.2) is 48.0 Å². The van der Waals surface area contributed by atoms with Gasteiger partial charge in [0.15, 0.2) is 6.61 Å². The highest BCUT2D eigenvalue weighted by atomic mass is 16.5. The maximum Gasteiger partial charge on any atom is 0.325 e. The summed E-state index contributed by atoms with van der Waals surface area (Å²) in [6.07, 6.45) is 3.85. The van der Waals surface area contributed by atoms with Gasteiger partial charge in [0.1, 0.15) is 11.3 Å². The summed E-state index contributed by atoms with van der Waals surface area (Å²) in [5, 5.41) is 5.66. The Balaban J connectivity index is 1.22. The minimum Gasteiger partial charge on any atom is -0.483 e. The highest BCUT2D eigenvalue weighted by molar-refractivity contribution is 6.07. The standard InChI is InChI=1S/C24H27N3O4/c28-21(17-31-20-12-5-4-11-19(20)18-9-2-1-3-10-18)25-15-8-16-27-22(29)24(26-23(27)30)13-6-7-14-24/h1-5,9-12H,6-8,13-17H2,(H,25,28)(H,26,30). The molecule has 1 heterocycles. The van der Waals surface area contributed by atoms with Crippen molar-refractivity contribution in [2.75, 3.05) is 19.7 Å². The van der Waals surface area contributed by atoms with Crippen molar-refractivity contribution in [3.05, 3.63) is 54.6 Å². The molecule has 4 rings (SSSR count). The van der Waals surface area contributed by atoms with Crippen molar-refractivity contribution in [2.24, 2.45) is 0 Å². The van der Waals surface area contributed by atoms with Gasteiger partial charge in [-0.15, -0.1) is 0 Å². The molecule has 2 aromatic rings. The molecule has 4 amide bonds. The second-order valence-corrected chi connectivity index (χ2v) is 8.03. The monoisotopic (exact) mass is 421 g/mol. The van der Waals surface area contributed by atoms with Crippen LogP contribution in [0.25, 0.3) is 11.1 Å². The molecule has 162 valence electrons. The van der Waals surface area contributed by atoms with Crippen LogP contribution in [-0.2, 0) is 9.59 Å². The van der Waals surface area contributed by atoms with Crippen LogP contribution in [0.4, 0.5) is 4.79 Å². The molecule has 0 bridgehead atoms. The van der Waals surface area contributed by atoms with Gasteiger partial charge in [-0.05, 0) is 30.9 Å². The Kier molecular flexibility index (Phi) is 6.21. The maximum atomic E-state index is 12.6. The number of urea groups is 1. The molecule has 1 saturated heterocycles. The van der Waals surface area contributed by atoms with Gasteiger partial charge >= 0.3 is 6.03 Å². The van der Waals surface area contributed by atoms with Crippen LogP contribution in [0.3, 0.4) is 0 Å². The number of imide groups is 1. The predicted molar refractivity (Wildman–Crippen MR) is 116 cm³/mol. The van der Waals surface area contributed by atoms with E-state index in [-0.39, 0.29) is 24.5 Å². The van der Waals surface area contributed by atoms with Gasteiger partial charge in [0.05, 0.1) is 0 Å². The third-order valence-corrected chi connectivity index (χ3v) is 5.91. The normalized spacial score (nSPS) is 17.1. The summed E-state index contributed by atoms with van der Waals surface area (Å²) in [5.41, 5.74) is 1.27. The number of carbonyl (C=O) groups excluding carboxylic acids is 3. The van der Waals surface area contributed by atoms with E-state index >= 15 is 0 Å². The smallest absolute Gasteiger partial charge is 0.325 e. The molecule has 1 saturated carbocycles. The molecule has 2 N–H and O–H groups in total. The number of benzene rings is 2. The molecular formula is C24H27N3O4. The molecular weight excluding hydrogens is 394 g/mol. The summed E-state index contributed by atoms with van der Waals surface area (Å²) in [5.74, 6) is 0.277. The second kappa shape index (κ2) is 9.20. The number of nitrogens with one attached hydrogen (secondary N) is 2. The Morgan fingerprint density at radius 2 is 1.74 bits per heavy atom. The summed E-state index contributed by atoms with van der Waals surface area (Å²) in [4.78, 5) is 38.3. The van der Waals surface area contributed by atoms with Crippen molar-refractivity contribution < 1.29 is 19.1 Å². The lowest BCUT2D eigenvalue weighted by Gasteiger charge is -2.20. The van der Waals surface area contributed by atoms with Gasteiger partial charge in [0, 0.05) is 18.7 Å². The maximum absolute atomic E-state index is 12.6. The van der Waals surface area contributed by atoms with E-state index in [0.29, 0.717) is 38.1 Å². The SMILES string of the molecule is O=C(COc1ccccc1-c1ccccc1)NCCCN1C(=O)NC2(CCCC2)C1=O. The summed E-state index contributed by atoms with van der Waals surface area (Å²) in [7, 11) is 0. The van der Waals surface area contributed by atoms with Crippen LogP contribution < -0.4 is 15.4 Å². The van der Waals surface area contributed by atoms with E-state index in [9.17, 15) is 14.4 Å². The summed E-state index contributed by atoms with van der Waals surface area (Å²) < 4.78 is 5.74. The fraction of sp³-hybridized carbons (Fsp3) is 0.375. The van der Waals surface area contributed by atoms with Gasteiger partial charge in [-0.25, -0.2) is 4.79 Å². The quantitative estimate of drug-likeness (QED) is 0.506. The number of rotatable bonds is 8. The van der Waals surface area contributed by atoms with E-state index in [4.69, 9.17) is 4.74 Å². The van der Waals surface area contributed by atoms with Crippen LogP contribution in [0.2, 0.25) is 0 Å². The molecule has 31 heavy (non-hydrogen) atoms. The molecule has 7 heteroatoms. The Bertz CT molecular complexity index is 954.